The number of hydrogen-bond acceptors (Lipinski definition) is 3. The first-order valence-corrected chi connectivity index (χ1v) is 8.34. The summed E-state index contributed by atoms with van der Waals surface area (Å²) in [6.07, 6.45) is 7.56. The van der Waals surface area contributed by atoms with Crippen LogP contribution in [0.25, 0.3) is 0 Å². The molecule has 1 saturated heterocycles. The van der Waals surface area contributed by atoms with E-state index >= 15 is 0 Å². The number of piperidine rings is 1. The fourth-order valence-corrected chi connectivity index (χ4v) is 4.39. The van der Waals surface area contributed by atoms with Gasteiger partial charge in [0.15, 0.2) is 5.78 Å². The van der Waals surface area contributed by atoms with Crippen molar-refractivity contribution in [3.8, 4) is 5.75 Å². The highest BCUT2D eigenvalue weighted by Gasteiger charge is 2.35. The van der Waals surface area contributed by atoms with Crippen LogP contribution in [-0.4, -0.2) is 36.4 Å². The molecule has 0 aromatic heterocycles. The highest BCUT2D eigenvalue weighted by Crippen LogP contribution is 2.36. The van der Waals surface area contributed by atoms with Crippen molar-refractivity contribution < 1.29 is 9.53 Å². The Hall–Kier alpha value is -1.35. The number of benzene rings is 1. The molecule has 4 rings (SSSR count). The van der Waals surface area contributed by atoms with Gasteiger partial charge in [-0.25, -0.2) is 0 Å². The van der Waals surface area contributed by atoms with Crippen LogP contribution in [0, 0.1) is 5.92 Å². The molecule has 0 amide bonds. The van der Waals surface area contributed by atoms with Gasteiger partial charge in [0.25, 0.3) is 0 Å². The largest absolute Gasteiger partial charge is 0.493 e. The van der Waals surface area contributed by atoms with Crippen molar-refractivity contribution in [2.45, 2.75) is 44.6 Å². The Morgan fingerprint density at radius 1 is 1.24 bits per heavy atom. The number of likely N-dealkylation sites (tertiary alicyclic amines) is 1. The van der Waals surface area contributed by atoms with Crippen LogP contribution < -0.4 is 4.74 Å². The number of carbonyl (C=O) groups is 1. The van der Waals surface area contributed by atoms with Gasteiger partial charge in [-0.15, -0.1) is 0 Å². The summed E-state index contributed by atoms with van der Waals surface area (Å²) in [5, 5.41) is 0. The van der Waals surface area contributed by atoms with Gasteiger partial charge in [0, 0.05) is 18.0 Å². The van der Waals surface area contributed by atoms with Gasteiger partial charge >= 0.3 is 0 Å². The second-order valence-electron chi connectivity index (χ2n) is 6.72. The molecule has 1 aromatic rings. The van der Waals surface area contributed by atoms with Crippen LogP contribution in [0.1, 0.15) is 48.0 Å². The van der Waals surface area contributed by atoms with E-state index in [1.54, 1.807) is 0 Å². The number of carbonyl (C=O) groups excluding carboxylic acids is 1. The van der Waals surface area contributed by atoms with E-state index in [1.807, 2.05) is 18.2 Å². The summed E-state index contributed by atoms with van der Waals surface area (Å²) >= 11 is 0. The van der Waals surface area contributed by atoms with Gasteiger partial charge in [-0.3, -0.25) is 9.69 Å². The number of ether oxygens (including phenoxy) is 1. The van der Waals surface area contributed by atoms with E-state index in [4.69, 9.17) is 4.74 Å². The molecule has 0 bridgehead atoms. The van der Waals surface area contributed by atoms with Crippen LogP contribution in [0.5, 0.6) is 5.75 Å². The Labute approximate surface area is 126 Å². The predicted molar refractivity (Wildman–Crippen MR) is 81.9 cm³/mol. The molecule has 2 heterocycles. The molecule has 2 unspecified atom stereocenters. The van der Waals surface area contributed by atoms with Crippen LogP contribution in [0.3, 0.4) is 0 Å². The molecule has 2 aliphatic heterocycles. The van der Waals surface area contributed by atoms with E-state index in [0.717, 1.165) is 36.8 Å². The lowest BCUT2D eigenvalue weighted by Crippen LogP contribution is -2.45. The number of Topliss-reactive ketones (excluding diaryl/α,β-unsaturated/α-hetero) is 1. The summed E-state index contributed by atoms with van der Waals surface area (Å²) in [6, 6.07) is 6.61. The SMILES string of the molecule is O=C(CN1CCCC2CCCC21)c1ccc2c(c1)CCO2. The van der Waals surface area contributed by atoms with E-state index in [2.05, 4.69) is 4.90 Å². The number of fused-ring (bicyclic) bond motifs is 2. The van der Waals surface area contributed by atoms with E-state index in [0.29, 0.717) is 12.6 Å². The zero-order valence-electron chi connectivity index (χ0n) is 12.5. The Balaban J connectivity index is 1.47. The van der Waals surface area contributed by atoms with Gasteiger partial charge in [-0.05, 0) is 61.9 Å². The van der Waals surface area contributed by atoms with Crippen molar-refractivity contribution in [2.24, 2.45) is 5.92 Å². The molecular formula is C18H23NO2. The van der Waals surface area contributed by atoms with E-state index in [-0.39, 0.29) is 5.78 Å². The molecule has 0 radical (unpaired) electrons. The standard InChI is InChI=1S/C18H23NO2/c20-17(14-6-7-18-15(11-14)8-10-21-18)12-19-9-2-4-13-3-1-5-16(13)19/h6-7,11,13,16H,1-5,8-10,12H2. The number of rotatable bonds is 3. The number of nitrogens with zero attached hydrogens (tertiary/aromatic N) is 1. The Kier molecular flexibility index (Phi) is 3.46. The molecule has 3 nitrogen and oxygen atoms in total. The van der Waals surface area contributed by atoms with Gasteiger partial charge in [-0.2, -0.15) is 0 Å². The Morgan fingerprint density at radius 2 is 2.14 bits per heavy atom. The van der Waals surface area contributed by atoms with Crippen molar-refractivity contribution in [1.82, 2.24) is 4.90 Å². The summed E-state index contributed by atoms with van der Waals surface area (Å²) in [5.74, 6) is 2.08. The number of hydrogen-bond donors (Lipinski definition) is 0. The van der Waals surface area contributed by atoms with E-state index in [9.17, 15) is 4.79 Å². The minimum atomic E-state index is 0.275. The zero-order chi connectivity index (χ0) is 14.2. The van der Waals surface area contributed by atoms with Gasteiger partial charge < -0.3 is 4.74 Å². The van der Waals surface area contributed by atoms with Gasteiger partial charge in [0.05, 0.1) is 13.2 Å². The quantitative estimate of drug-likeness (QED) is 0.799. The lowest BCUT2D eigenvalue weighted by molar-refractivity contribution is 0.0777. The molecule has 1 saturated carbocycles. The average molecular weight is 285 g/mol. The van der Waals surface area contributed by atoms with Gasteiger partial charge in [0.1, 0.15) is 5.75 Å². The Bertz CT molecular complexity index is 554. The van der Waals surface area contributed by atoms with Crippen molar-refractivity contribution >= 4 is 5.78 Å². The minimum Gasteiger partial charge on any atom is -0.493 e. The molecule has 0 spiro atoms. The molecule has 21 heavy (non-hydrogen) atoms. The van der Waals surface area contributed by atoms with Crippen LogP contribution >= 0.6 is 0 Å². The van der Waals surface area contributed by atoms with E-state index < -0.39 is 0 Å². The summed E-state index contributed by atoms with van der Waals surface area (Å²) < 4.78 is 5.52. The molecule has 1 aromatic carbocycles. The maximum absolute atomic E-state index is 12.6. The topological polar surface area (TPSA) is 29.5 Å². The third-order valence-electron chi connectivity index (χ3n) is 5.47. The molecule has 3 aliphatic rings. The van der Waals surface area contributed by atoms with Crippen molar-refractivity contribution in [3.05, 3.63) is 29.3 Å². The summed E-state index contributed by atoms with van der Waals surface area (Å²) in [5.41, 5.74) is 2.05. The third kappa shape index (κ3) is 2.48. The predicted octanol–water partition coefficient (Wildman–Crippen LogP) is 3.07. The molecule has 1 aliphatic carbocycles. The van der Waals surface area contributed by atoms with E-state index in [1.165, 1.54) is 37.7 Å². The van der Waals surface area contributed by atoms with Crippen molar-refractivity contribution in [3.63, 3.8) is 0 Å². The lowest BCUT2D eigenvalue weighted by Gasteiger charge is -2.37. The molecule has 2 fully saturated rings. The highest BCUT2D eigenvalue weighted by molar-refractivity contribution is 5.98. The smallest absolute Gasteiger partial charge is 0.176 e. The molecule has 3 heteroatoms. The molecular weight excluding hydrogens is 262 g/mol. The first kappa shape index (κ1) is 13.3. The fraction of sp³-hybridized carbons (Fsp3) is 0.611. The maximum atomic E-state index is 12.6. The van der Waals surface area contributed by atoms with Crippen LogP contribution in [0.4, 0.5) is 0 Å². The fourth-order valence-electron chi connectivity index (χ4n) is 4.39. The first-order valence-electron chi connectivity index (χ1n) is 8.34. The summed E-state index contributed by atoms with van der Waals surface area (Å²) in [4.78, 5) is 15.1. The second kappa shape index (κ2) is 5.45. The van der Waals surface area contributed by atoms with Gasteiger partial charge in [-0.1, -0.05) is 6.42 Å². The van der Waals surface area contributed by atoms with Crippen LogP contribution in [0.15, 0.2) is 18.2 Å². The minimum absolute atomic E-state index is 0.275. The van der Waals surface area contributed by atoms with Crippen molar-refractivity contribution in [2.75, 3.05) is 19.7 Å². The second-order valence-corrected chi connectivity index (χ2v) is 6.72. The average Bonchev–Trinajstić information content (AvgIpc) is 3.15. The molecule has 112 valence electrons. The normalized spacial score (nSPS) is 28.0. The zero-order valence-corrected chi connectivity index (χ0v) is 12.5. The lowest BCUT2D eigenvalue weighted by atomic mass is 9.91. The van der Waals surface area contributed by atoms with Crippen molar-refractivity contribution in [1.29, 1.82) is 0 Å². The first-order chi connectivity index (χ1) is 10.3. The summed E-state index contributed by atoms with van der Waals surface area (Å²) in [6.45, 7) is 2.45. The van der Waals surface area contributed by atoms with Crippen LogP contribution in [0.2, 0.25) is 0 Å². The highest BCUT2D eigenvalue weighted by atomic mass is 16.5. The molecule has 2 atom stereocenters. The maximum Gasteiger partial charge on any atom is 0.176 e. The monoisotopic (exact) mass is 285 g/mol. The summed E-state index contributed by atoms with van der Waals surface area (Å²) in [7, 11) is 0. The van der Waals surface area contributed by atoms with Crippen LogP contribution in [-0.2, 0) is 6.42 Å². The third-order valence-corrected chi connectivity index (χ3v) is 5.47. The Morgan fingerprint density at radius 3 is 3.10 bits per heavy atom. The number of ketones is 1. The molecule has 0 N–H and O–H groups in total. The van der Waals surface area contributed by atoms with Gasteiger partial charge in [0.2, 0.25) is 0 Å².